The molecule has 0 saturated carbocycles. The number of allylic oxidation sites excluding steroid dienone is 2. The topological polar surface area (TPSA) is 43.4 Å². The molecule has 0 heterocycles. The summed E-state index contributed by atoms with van der Waals surface area (Å²) in [5.41, 5.74) is 0.586. The predicted molar refractivity (Wildman–Crippen MR) is 121 cm³/mol. The smallest absolute Gasteiger partial charge is 0.306 e. The second-order valence-corrected chi connectivity index (χ2v) is 7.78. The lowest BCUT2D eigenvalue weighted by Gasteiger charge is -2.05. The molecule has 3 nitrogen and oxygen atoms in total. The van der Waals surface area contributed by atoms with Gasteiger partial charge in [0, 0.05) is 12.0 Å². The number of esters is 1. The zero-order valence-electron chi connectivity index (χ0n) is 18.4. The summed E-state index contributed by atoms with van der Waals surface area (Å²) in [6.45, 7) is 2.09. The van der Waals surface area contributed by atoms with Gasteiger partial charge in [-0.25, -0.2) is 0 Å². The second-order valence-electron chi connectivity index (χ2n) is 7.78. The molecule has 0 fully saturated rings. The van der Waals surface area contributed by atoms with Crippen molar-refractivity contribution in [2.24, 2.45) is 0 Å². The van der Waals surface area contributed by atoms with Gasteiger partial charge in [0.05, 0.1) is 0 Å². The maximum atomic E-state index is 11.9. The molecule has 0 aromatic heterocycles. The number of hydrogen-bond acceptors (Lipinski definition) is 3. The van der Waals surface area contributed by atoms with Crippen molar-refractivity contribution in [2.45, 2.75) is 96.8 Å². The molecule has 0 amide bonds. The zero-order chi connectivity index (χ0) is 21.0. The van der Waals surface area contributed by atoms with Crippen LogP contribution in [0.5, 0.6) is 0 Å². The minimum atomic E-state index is -0.268. The number of carbonyl (C=O) groups is 2. The number of ether oxygens (including phenoxy) is 1. The van der Waals surface area contributed by atoms with Gasteiger partial charge in [-0.05, 0) is 32.1 Å². The van der Waals surface area contributed by atoms with Gasteiger partial charge in [0.15, 0.2) is 12.4 Å². The van der Waals surface area contributed by atoms with E-state index in [1.165, 1.54) is 70.6 Å². The van der Waals surface area contributed by atoms with Crippen molar-refractivity contribution < 1.29 is 14.3 Å². The molecule has 0 saturated heterocycles. The Morgan fingerprint density at radius 2 is 1.31 bits per heavy atom. The van der Waals surface area contributed by atoms with E-state index < -0.39 is 0 Å². The lowest BCUT2D eigenvalue weighted by atomic mass is 10.1. The van der Waals surface area contributed by atoms with Crippen LogP contribution in [0.2, 0.25) is 0 Å². The summed E-state index contributed by atoms with van der Waals surface area (Å²) in [6.07, 6.45) is 21.1. The molecule has 29 heavy (non-hydrogen) atoms. The van der Waals surface area contributed by atoms with Crippen molar-refractivity contribution in [1.82, 2.24) is 0 Å². The fourth-order valence-corrected chi connectivity index (χ4v) is 3.27. The van der Waals surface area contributed by atoms with Gasteiger partial charge in [-0.1, -0.05) is 101 Å². The molecular formula is C26H40O3. The lowest BCUT2D eigenvalue weighted by molar-refractivity contribution is -0.142. The van der Waals surface area contributed by atoms with Gasteiger partial charge in [0.1, 0.15) is 0 Å². The molecule has 0 aliphatic rings. The highest BCUT2D eigenvalue weighted by Crippen LogP contribution is 2.11. The van der Waals surface area contributed by atoms with Crippen LogP contribution in [0, 0.1) is 0 Å². The van der Waals surface area contributed by atoms with Crippen LogP contribution in [0.3, 0.4) is 0 Å². The third-order valence-corrected chi connectivity index (χ3v) is 5.10. The predicted octanol–water partition coefficient (Wildman–Crippen LogP) is 7.45. The van der Waals surface area contributed by atoms with E-state index in [4.69, 9.17) is 4.74 Å². The molecule has 1 aromatic rings. The Morgan fingerprint density at radius 1 is 0.759 bits per heavy atom. The monoisotopic (exact) mass is 400 g/mol. The van der Waals surface area contributed by atoms with Crippen LogP contribution < -0.4 is 0 Å². The van der Waals surface area contributed by atoms with Crippen molar-refractivity contribution in [3.63, 3.8) is 0 Å². The molecule has 0 spiro atoms. The molecule has 0 atom stereocenters. The SMILES string of the molecule is CCCCCC/C=C/CCCCCCCCCC(=O)OCC(=O)c1ccccc1. The Hall–Kier alpha value is -1.90. The van der Waals surface area contributed by atoms with Gasteiger partial charge in [-0.15, -0.1) is 0 Å². The number of benzene rings is 1. The summed E-state index contributed by atoms with van der Waals surface area (Å²) in [7, 11) is 0. The molecule has 0 aliphatic heterocycles. The van der Waals surface area contributed by atoms with E-state index in [-0.39, 0.29) is 18.4 Å². The second kappa shape index (κ2) is 18.1. The van der Waals surface area contributed by atoms with E-state index >= 15 is 0 Å². The number of ketones is 1. The van der Waals surface area contributed by atoms with E-state index in [1.54, 1.807) is 24.3 Å². The van der Waals surface area contributed by atoms with Crippen LogP contribution in [0.1, 0.15) is 107 Å². The minimum Gasteiger partial charge on any atom is -0.457 e. The van der Waals surface area contributed by atoms with E-state index in [1.807, 2.05) is 6.07 Å². The molecule has 1 rings (SSSR count). The van der Waals surface area contributed by atoms with E-state index in [2.05, 4.69) is 19.1 Å². The highest BCUT2D eigenvalue weighted by molar-refractivity contribution is 5.97. The zero-order valence-corrected chi connectivity index (χ0v) is 18.4. The highest BCUT2D eigenvalue weighted by Gasteiger charge is 2.09. The van der Waals surface area contributed by atoms with Gasteiger partial charge < -0.3 is 4.74 Å². The number of unbranched alkanes of at least 4 members (excludes halogenated alkanes) is 11. The Bertz CT molecular complexity index is 563. The van der Waals surface area contributed by atoms with Crippen molar-refractivity contribution >= 4 is 11.8 Å². The summed E-state index contributed by atoms with van der Waals surface area (Å²) in [5, 5.41) is 0. The van der Waals surface area contributed by atoms with Crippen LogP contribution in [-0.2, 0) is 9.53 Å². The summed E-state index contributed by atoms with van der Waals surface area (Å²) < 4.78 is 5.08. The van der Waals surface area contributed by atoms with Crippen LogP contribution in [0.15, 0.2) is 42.5 Å². The third-order valence-electron chi connectivity index (χ3n) is 5.10. The van der Waals surface area contributed by atoms with Crippen molar-refractivity contribution in [3.05, 3.63) is 48.0 Å². The number of rotatable bonds is 18. The minimum absolute atomic E-state index is 0.148. The fourth-order valence-electron chi connectivity index (χ4n) is 3.27. The molecule has 0 unspecified atom stereocenters. The molecule has 3 heteroatoms. The van der Waals surface area contributed by atoms with Crippen LogP contribution in [0.25, 0.3) is 0 Å². The van der Waals surface area contributed by atoms with Crippen LogP contribution in [0.4, 0.5) is 0 Å². The third kappa shape index (κ3) is 14.7. The Kier molecular flexibility index (Phi) is 15.7. The maximum absolute atomic E-state index is 11.9. The Balaban J connectivity index is 1.86. The first-order chi connectivity index (χ1) is 14.2. The Morgan fingerprint density at radius 3 is 1.93 bits per heavy atom. The standard InChI is InChI=1S/C26H40O3/c1-2-3-4-5-6-7-8-9-10-11-12-13-14-15-19-22-26(28)29-23-25(27)24-20-17-16-18-21-24/h7-8,16-18,20-21H,2-6,9-15,19,22-23H2,1H3/b8-7+. The van der Waals surface area contributed by atoms with Gasteiger partial charge >= 0.3 is 5.97 Å². The van der Waals surface area contributed by atoms with Crippen LogP contribution >= 0.6 is 0 Å². The summed E-state index contributed by atoms with van der Waals surface area (Å²) in [4.78, 5) is 23.6. The number of Topliss-reactive ketones (excluding diaryl/α,β-unsaturated/α-hetero) is 1. The molecule has 0 radical (unpaired) electrons. The average Bonchev–Trinajstić information content (AvgIpc) is 2.75. The van der Waals surface area contributed by atoms with E-state index in [0.29, 0.717) is 12.0 Å². The van der Waals surface area contributed by atoms with Gasteiger partial charge in [-0.3, -0.25) is 9.59 Å². The number of hydrogen-bond donors (Lipinski definition) is 0. The molecule has 162 valence electrons. The fraction of sp³-hybridized carbons (Fsp3) is 0.615. The first kappa shape index (κ1) is 25.1. The molecule has 1 aromatic carbocycles. The summed E-state index contributed by atoms with van der Waals surface area (Å²) in [6, 6.07) is 8.95. The molecule has 0 bridgehead atoms. The molecule has 0 N–H and O–H groups in total. The number of carbonyl (C=O) groups excluding carboxylic acids is 2. The van der Waals surface area contributed by atoms with Crippen molar-refractivity contribution in [2.75, 3.05) is 6.61 Å². The average molecular weight is 401 g/mol. The van der Waals surface area contributed by atoms with Crippen molar-refractivity contribution in [1.29, 1.82) is 0 Å². The first-order valence-corrected chi connectivity index (χ1v) is 11.6. The maximum Gasteiger partial charge on any atom is 0.306 e. The quantitative estimate of drug-likeness (QED) is 0.111. The molecular weight excluding hydrogens is 360 g/mol. The highest BCUT2D eigenvalue weighted by atomic mass is 16.5. The normalized spacial score (nSPS) is 11.1. The summed E-state index contributed by atoms with van der Waals surface area (Å²) >= 11 is 0. The largest absolute Gasteiger partial charge is 0.457 e. The molecule has 0 aliphatic carbocycles. The van der Waals surface area contributed by atoms with Gasteiger partial charge in [-0.2, -0.15) is 0 Å². The van der Waals surface area contributed by atoms with E-state index in [9.17, 15) is 9.59 Å². The lowest BCUT2D eigenvalue weighted by Crippen LogP contribution is -2.13. The van der Waals surface area contributed by atoms with E-state index in [0.717, 1.165) is 12.8 Å². The van der Waals surface area contributed by atoms with Crippen molar-refractivity contribution in [3.8, 4) is 0 Å². The van der Waals surface area contributed by atoms with Crippen LogP contribution in [-0.4, -0.2) is 18.4 Å². The van der Waals surface area contributed by atoms with Gasteiger partial charge in [0.25, 0.3) is 0 Å². The Labute approximate surface area is 177 Å². The summed E-state index contributed by atoms with van der Waals surface area (Å²) in [5.74, 6) is -0.416. The van der Waals surface area contributed by atoms with Gasteiger partial charge in [0.2, 0.25) is 0 Å². The first-order valence-electron chi connectivity index (χ1n) is 11.6.